The van der Waals surface area contributed by atoms with Crippen molar-refractivity contribution < 1.29 is 19.1 Å². The van der Waals surface area contributed by atoms with Crippen LogP contribution in [0.2, 0.25) is 0 Å². The van der Waals surface area contributed by atoms with Crippen LogP contribution in [0.5, 0.6) is 11.5 Å². The van der Waals surface area contributed by atoms with Crippen molar-refractivity contribution in [1.29, 1.82) is 0 Å². The molecule has 0 amide bonds. The Labute approximate surface area is 223 Å². The molecule has 0 aliphatic heterocycles. The zero-order valence-corrected chi connectivity index (χ0v) is 23.9. The zero-order chi connectivity index (χ0) is 27.9. The Morgan fingerprint density at radius 2 is 1.51 bits per heavy atom. The number of aryl methyl sites for hydroxylation is 1. The average Bonchev–Trinajstić information content (AvgIpc) is 2.82. The molecule has 0 spiro atoms. The second-order valence-corrected chi connectivity index (χ2v) is 11.4. The van der Waals surface area contributed by atoms with E-state index in [2.05, 4.69) is 26.5 Å². The maximum absolute atomic E-state index is 13.1. The third kappa shape index (κ3) is 8.27. The molecule has 1 aliphatic carbocycles. The number of rotatable bonds is 12. The van der Waals surface area contributed by atoms with Crippen LogP contribution in [-0.4, -0.2) is 24.0 Å². The number of benzene rings is 1. The summed E-state index contributed by atoms with van der Waals surface area (Å²) in [5.41, 5.74) is 16.2. The number of unbranched alkanes of at least 4 members (excludes halogenated alkanes) is 2. The van der Waals surface area contributed by atoms with E-state index in [1.54, 1.807) is 0 Å². The van der Waals surface area contributed by atoms with Gasteiger partial charge in [0.05, 0.1) is 0 Å². The van der Waals surface area contributed by atoms with Crippen LogP contribution < -0.4 is 20.9 Å². The fourth-order valence-corrected chi connectivity index (χ4v) is 4.68. The lowest BCUT2D eigenvalue weighted by atomic mass is 9.73. The first-order chi connectivity index (χ1) is 17.4. The SMILES string of the molecule is C=C(C)[C@@H]1CCC(C)=C[C@@H]1c1c(OC(=O)[C@@H](N)C(C)C)cc(CCCCC)cc1OC(=O)[C@@H](N)C(C)C. The number of hydrogen-bond donors (Lipinski definition) is 2. The molecule has 1 aliphatic rings. The van der Waals surface area contributed by atoms with E-state index >= 15 is 0 Å². The highest BCUT2D eigenvalue weighted by Crippen LogP contribution is 2.47. The summed E-state index contributed by atoms with van der Waals surface area (Å²) in [6.07, 6.45) is 7.98. The molecule has 0 saturated heterocycles. The molecule has 0 saturated carbocycles. The third-order valence-electron chi connectivity index (χ3n) is 7.35. The molecule has 1 aromatic carbocycles. The summed E-state index contributed by atoms with van der Waals surface area (Å²) in [5, 5.41) is 0. The molecule has 2 rings (SSSR count). The monoisotopic (exact) mass is 512 g/mol. The summed E-state index contributed by atoms with van der Waals surface area (Å²) < 4.78 is 12.0. The van der Waals surface area contributed by atoms with Crippen LogP contribution in [0.1, 0.15) is 97.6 Å². The third-order valence-corrected chi connectivity index (χ3v) is 7.35. The van der Waals surface area contributed by atoms with E-state index in [-0.39, 0.29) is 23.7 Å². The number of esters is 2. The maximum atomic E-state index is 13.1. The number of hydrogen-bond acceptors (Lipinski definition) is 6. The van der Waals surface area contributed by atoms with Crippen LogP contribution in [-0.2, 0) is 16.0 Å². The fourth-order valence-electron chi connectivity index (χ4n) is 4.68. The van der Waals surface area contributed by atoms with Crippen molar-refractivity contribution in [3.63, 3.8) is 0 Å². The smallest absolute Gasteiger partial charge is 0.328 e. The summed E-state index contributed by atoms with van der Waals surface area (Å²) in [4.78, 5) is 26.1. The van der Waals surface area contributed by atoms with Gasteiger partial charge in [-0.05, 0) is 75.0 Å². The highest BCUT2D eigenvalue weighted by atomic mass is 16.5. The summed E-state index contributed by atoms with van der Waals surface area (Å²) in [7, 11) is 0. The quantitative estimate of drug-likeness (QED) is 0.149. The standard InChI is InChI=1S/C31H48N2O4/c1-9-10-11-12-22-16-25(36-30(34)28(32)19(4)5)27(24-15-21(8)13-14-23(24)18(2)3)26(17-22)37-31(35)29(33)20(6)7/h15-17,19-20,23-24,28-29H,2,9-14,32-33H2,1,3-8H3/t23-,24-,28-,29-/m0/s1. The van der Waals surface area contributed by atoms with Crippen molar-refractivity contribution in [2.75, 3.05) is 0 Å². The Morgan fingerprint density at radius 1 is 1.00 bits per heavy atom. The van der Waals surface area contributed by atoms with E-state index in [9.17, 15) is 9.59 Å². The number of nitrogens with two attached hydrogens (primary N) is 2. The van der Waals surface area contributed by atoms with Gasteiger partial charge in [0.15, 0.2) is 0 Å². The highest BCUT2D eigenvalue weighted by molar-refractivity contribution is 5.81. The summed E-state index contributed by atoms with van der Waals surface area (Å²) in [6, 6.07) is 2.31. The van der Waals surface area contributed by atoms with Gasteiger partial charge in [0, 0.05) is 11.5 Å². The van der Waals surface area contributed by atoms with Crippen LogP contribution in [0, 0.1) is 17.8 Å². The summed E-state index contributed by atoms with van der Waals surface area (Å²) in [6.45, 7) is 18.1. The molecule has 6 heteroatoms. The van der Waals surface area contributed by atoms with Gasteiger partial charge < -0.3 is 20.9 Å². The predicted octanol–water partition coefficient (Wildman–Crippen LogP) is 6.21. The lowest BCUT2D eigenvalue weighted by molar-refractivity contribution is -0.137. The van der Waals surface area contributed by atoms with Crippen molar-refractivity contribution >= 4 is 11.9 Å². The number of carbonyl (C=O) groups excluding carboxylic acids is 2. The van der Waals surface area contributed by atoms with E-state index in [1.807, 2.05) is 46.8 Å². The van der Waals surface area contributed by atoms with E-state index in [4.69, 9.17) is 20.9 Å². The second kappa shape index (κ2) is 13.9. The zero-order valence-electron chi connectivity index (χ0n) is 23.9. The fraction of sp³-hybridized carbons (Fsp3) is 0.613. The average molecular weight is 513 g/mol. The molecule has 1 aromatic rings. The first-order valence-electron chi connectivity index (χ1n) is 13.8. The van der Waals surface area contributed by atoms with E-state index in [0.29, 0.717) is 17.1 Å². The van der Waals surface area contributed by atoms with Crippen LogP contribution in [0.15, 0.2) is 35.9 Å². The first-order valence-corrected chi connectivity index (χ1v) is 13.8. The van der Waals surface area contributed by atoms with Gasteiger partial charge in [-0.25, -0.2) is 9.59 Å². The van der Waals surface area contributed by atoms with Gasteiger partial charge in [-0.3, -0.25) is 0 Å². The van der Waals surface area contributed by atoms with Gasteiger partial charge in [-0.15, -0.1) is 0 Å². The minimum atomic E-state index is -0.766. The minimum Gasteiger partial charge on any atom is -0.425 e. The first kappa shape index (κ1) is 30.8. The van der Waals surface area contributed by atoms with E-state index in [0.717, 1.165) is 49.7 Å². The molecule has 4 atom stereocenters. The van der Waals surface area contributed by atoms with Crippen LogP contribution in [0.25, 0.3) is 0 Å². The molecule has 0 bridgehead atoms. The van der Waals surface area contributed by atoms with Gasteiger partial charge in [-0.1, -0.05) is 71.3 Å². The molecular weight excluding hydrogens is 464 g/mol. The van der Waals surface area contributed by atoms with Crippen molar-refractivity contribution in [1.82, 2.24) is 0 Å². The Bertz CT molecular complexity index is 946. The maximum Gasteiger partial charge on any atom is 0.328 e. The summed E-state index contributed by atoms with van der Waals surface area (Å²) >= 11 is 0. The lowest BCUT2D eigenvalue weighted by Crippen LogP contribution is -2.39. The molecule has 0 fully saturated rings. The van der Waals surface area contributed by atoms with Crippen LogP contribution in [0.3, 0.4) is 0 Å². The normalized spacial score (nSPS) is 19.4. The predicted molar refractivity (Wildman–Crippen MR) is 151 cm³/mol. The van der Waals surface area contributed by atoms with Crippen molar-refractivity contribution in [3.8, 4) is 11.5 Å². The number of allylic oxidation sites excluding steroid dienone is 3. The topological polar surface area (TPSA) is 105 Å². The summed E-state index contributed by atoms with van der Waals surface area (Å²) in [5.74, 6) is -0.399. The molecule has 4 N–H and O–H groups in total. The molecule has 6 nitrogen and oxygen atoms in total. The van der Waals surface area contributed by atoms with E-state index in [1.165, 1.54) is 5.57 Å². The largest absolute Gasteiger partial charge is 0.425 e. The second-order valence-electron chi connectivity index (χ2n) is 11.4. The van der Waals surface area contributed by atoms with Crippen molar-refractivity contribution in [3.05, 3.63) is 47.1 Å². The van der Waals surface area contributed by atoms with Gasteiger partial charge in [-0.2, -0.15) is 0 Å². The van der Waals surface area contributed by atoms with Crippen LogP contribution in [0.4, 0.5) is 0 Å². The minimum absolute atomic E-state index is 0.0787. The van der Waals surface area contributed by atoms with Gasteiger partial charge in [0.1, 0.15) is 23.6 Å². The Hall–Kier alpha value is -2.44. The Balaban J connectivity index is 2.74. The molecule has 0 heterocycles. The Kier molecular flexibility index (Phi) is 11.6. The molecule has 206 valence electrons. The van der Waals surface area contributed by atoms with Gasteiger partial charge in [0.25, 0.3) is 0 Å². The Morgan fingerprint density at radius 3 is 1.95 bits per heavy atom. The molecule has 0 aromatic heterocycles. The van der Waals surface area contributed by atoms with Crippen molar-refractivity contribution in [2.45, 2.75) is 105 Å². The number of ether oxygens (including phenoxy) is 2. The van der Waals surface area contributed by atoms with Crippen molar-refractivity contribution in [2.24, 2.45) is 29.2 Å². The highest BCUT2D eigenvalue weighted by Gasteiger charge is 2.34. The van der Waals surface area contributed by atoms with Crippen LogP contribution >= 0.6 is 0 Å². The lowest BCUT2D eigenvalue weighted by Gasteiger charge is -2.33. The molecule has 0 unspecified atom stereocenters. The number of carbonyl (C=O) groups is 2. The molecule has 0 radical (unpaired) electrons. The molecular formula is C31H48N2O4. The molecule has 37 heavy (non-hydrogen) atoms. The van der Waals surface area contributed by atoms with Gasteiger partial charge >= 0.3 is 11.9 Å². The van der Waals surface area contributed by atoms with E-state index < -0.39 is 24.0 Å². The van der Waals surface area contributed by atoms with Gasteiger partial charge in [0.2, 0.25) is 0 Å².